The Balaban J connectivity index is 2.20. The van der Waals surface area contributed by atoms with Crippen molar-refractivity contribution in [2.45, 2.75) is 49.6 Å². The highest BCUT2D eigenvalue weighted by atomic mass is 32.2. The number of aliphatic hydroxyl groups excluding tert-OH is 1. The average molecular weight is 457 g/mol. The van der Waals surface area contributed by atoms with Crippen LogP contribution in [-0.2, 0) is 10.0 Å². The third-order valence-electron chi connectivity index (χ3n) is 5.20. The van der Waals surface area contributed by atoms with Gasteiger partial charge >= 0.3 is 6.18 Å². The Morgan fingerprint density at radius 2 is 1.77 bits per heavy atom. The summed E-state index contributed by atoms with van der Waals surface area (Å²) < 4.78 is 72.3. The fourth-order valence-corrected chi connectivity index (χ4v) is 5.27. The first-order chi connectivity index (χ1) is 14.3. The lowest BCUT2D eigenvalue weighted by Crippen LogP contribution is -2.54. The number of ketones is 1. The topological polar surface area (TPSA) is 83.9 Å². The maximum absolute atomic E-state index is 13.3. The van der Waals surface area contributed by atoms with Crippen LogP contribution in [0.3, 0.4) is 0 Å². The molecular weight excluding hydrogens is 435 g/mol. The minimum Gasteiger partial charge on any atom is -0.485 e. The highest BCUT2D eigenvalue weighted by Crippen LogP contribution is 2.45. The molecule has 0 amide bonds. The standard InChI is InChI=1S/C21H22F3NO5S/c1-4-25(31(28,29)14-8-6-5-7-9-14)17-15-12-13(18(26)21(22,23)24)10-11-16(15)30-20(2,3)19(17)27/h5-12,17,19,27H,4H2,1-3H3/t17-,19+/m0/s1. The summed E-state index contributed by atoms with van der Waals surface area (Å²) in [5.41, 5.74) is -1.92. The molecule has 0 aromatic heterocycles. The lowest BCUT2D eigenvalue weighted by atomic mass is 9.85. The predicted octanol–water partition coefficient (Wildman–Crippen LogP) is 3.72. The van der Waals surface area contributed by atoms with Crippen molar-refractivity contribution in [1.29, 1.82) is 0 Å². The van der Waals surface area contributed by atoms with E-state index in [4.69, 9.17) is 4.74 Å². The summed E-state index contributed by atoms with van der Waals surface area (Å²) in [6.07, 6.45) is -6.52. The number of aliphatic hydroxyl groups is 1. The van der Waals surface area contributed by atoms with E-state index in [9.17, 15) is 31.5 Å². The predicted molar refractivity (Wildman–Crippen MR) is 106 cm³/mol. The average Bonchev–Trinajstić information content (AvgIpc) is 2.70. The minimum absolute atomic E-state index is 0.0109. The monoisotopic (exact) mass is 457 g/mol. The summed E-state index contributed by atoms with van der Waals surface area (Å²) in [4.78, 5) is 11.7. The summed E-state index contributed by atoms with van der Waals surface area (Å²) in [5, 5.41) is 11.0. The smallest absolute Gasteiger partial charge is 0.454 e. The zero-order valence-corrected chi connectivity index (χ0v) is 17.9. The Labute approximate surface area is 178 Å². The number of alkyl halides is 3. The molecule has 10 heteroatoms. The summed E-state index contributed by atoms with van der Waals surface area (Å²) in [5.74, 6) is -1.97. The van der Waals surface area contributed by atoms with Gasteiger partial charge in [-0.1, -0.05) is 25.1 Å². The molecule has 0 bridgehead atoms. The van der Waals surface area contributed by atoms with Crippen LogP contribution in [0.1, 0.15) is 42.7 Å². The first-order valence-corrected chi connectivity index (χ1v) is 10.9. The van der Waals surface area contributed by atoms with Crippen LogP contribution in [0.15, 0.2) is 53.4 Å². The van der Waals surface area contributed by atoms with Crippen molar-refractivity contribution >= 4 is 15.8 Å². The van der Waals surface area contributed by atoms with Crippen LogP contribution in [-0.4, -0.2) is 48.0 Å². The van der Waals surface area contributed by atoms with Crippen LogP contribution in [0.2, 0.25) is 0 Å². The second-order valence-electron chi connectivity index (χ2n) is 7.70. The second kappa shape index (κ2) is 7.92. The molecule has 1 aliphatic heterocycles. The van der Waals surface area contributed by atoms with Gasteiger partial charge in [-0.15, -0.1) is 0 Å². The van der Waals surface area contributed by atoms with Crippen LogP contribution < -0.4 is 4.74 Å². The van der Waals surface area contributed by atoms with E-state index in [1.165, 1.54) is 18.2 Å². The lowest BCUT2D eigenvalue weighted by molar-refractivity contribution is -0.0887. The number of likely N-dealkylation sites (N-methyl/N-ethyl adjacent to an activating group) is 1. The van der Waals surface area contributed by atoms with Gasteiger partial charge in [0.2, 0.25) is 10.0 Å². The fourth-order valence-electron chi connectivity index (χ4n) is 3.63. The molecule has 0 unspecified atom stereocenters. The van der Waals surface area contributed by atoms with Gasteiger partial charge in [-0.05, 0) is 44.2 Å². The van der Waals surface area contributed by atoms with Gasteiger partial charge in [0, 0.05) is 17.7 Å². The van der Waals surface area contributed by atoms with Crippen LogP contribution in [0.25, 0.3) is 0 Å². The van der Waals surface area contributed by atoms with Crippen molar-refractivity contribution < 1.29 is 36.2 Å². The third-order valence-corrected chi connectivity index (χ3v) is 7.17. The van der Waals surface area contributed by atoms with E-state index in [1.807, 2.05) is 0 Å². The number of fused-ring (bicyclic) bond motifs is 1. The normalized spacial score (nSPS) is 20.8. The number of hydrogen-bond donors (Lipinski definition) is 1. The van der Waals surface area contributed by atoms with Gasteiger partial charge in [0.05, 0.1) is 10.9 Å². The number of rotatable bonds is 5. The van der Waals surface area contributed by atoms with Gasteiger partial charge in [0.15, 0.2) is 0 Å². The molecule has 31 heavy (non-hydrogen) atoms. The Hall–Kier alpha value is -2.43. The van der Waals surface area contributed by atoms with Gasteiger partial charge < -0.3 is 9.84 Å². The molecule has 168 valence electrons. The summed E-state index contributed by atoms with van der Waals surface area (Å²) >= 11 is 0. The number of sulfonamides is 1. The molecule has 0 radical (unpaired) electrons. The summed E-state index contributed by atoms with van der Waals surface area (Å²) in [7, 11) is -4.13. The fraction of sp³-hybridized carbons (Fsp3) is 0.381. The molecule has 0 saturated heterocycles. The number of nitrogens with zero attached hydrogens (tertiary/aromatic N) is 1. The van der Waals surface area contributed by atoms with Crippen molar-refractivity contribution in [3.8, 4) is 5.75 Å². The maximum atomic E-state index is 13.3. The Morgan fingerprint density at radius 3 is 2.32 bits per heavy atom. The molecule has 0 aliphatic carbocycles. The zero-order chi connectivity index (χ0) is 23.2. The number of ether oxygens (including phenoxy) is 1. The number of carbonyl (C=O) groups is 1. The molecule has 1 heterocycles. The molecule has 3 rings (SSSR count). The Bertz CT molecular complexity index is 1080. The molecule has 1 aliphatic rings. The van der Waals surface area contributed by atoms with Gasteiger partial charge in [-0.3, -0.25) is 4.79 Å². The maximum Gasteiger partial charge on any atom is 0.454 e. The van der Waals surface area contributed by atoms with Crippen molar-refractivity contribution in [2.24, 2.45) is 0 Å². The van der Waals surface area contributed by atoms with E-state index in [0.29, 0.717) is 0 Å². The lowest BCUT2D eigenvalue weighted by Gasteiger charge is -2.45. The van der Waals surface area contributed by atoms with Crippen molar-refractivity contribution in [2.75, 3.05) is 6.54 Å². The summed E-state index contributed by atoms with van der Waals surface area (Å²) in [6, 6.07) is 9.34. The highest BCUT2D eigenvalue weighted by molar-refractivity contribution is 7.89. The van der Waals surface area contributed by atoms with E-state index in [2.05, 4.69) is 0 Å². The van der Waals surface area contributed by atoms with E-state index in [0.717, 1.165) is 16.4 Å². The van der Waals surface area contributed by atoms with Crippen molar-refractivity contribution in [3.63, 3.8) is 0 Å². The molecule has 0 fully saturated rings. The molecule has 2 atom stereocenters. The Morgan fingerprint density at radius 1 is 1.16 bits per heavy atom. The number of Topliss-reactive ketones (excluding diaryl/α,β-unsaturated/α-hetero) is 1. The van der Waals surface area contributed by atoms with E-state index in [-0.39, 0.29) is 22.8 Å². The second-order valence-corrected chi connectivity index (χ2v) is 9.59. The minimum atomic E-state index is -5.10. The number of benzene rings is 2. The van der Waals surface area contributed by atoms with Crippen LogP contribution in [0.5, 0.6) is 5.75 Å². The SMILES string of the molecule is CCN([C@H]1c2cc(C(=O)C(F)(F)F)ccc2OC(C)(C)[C@@H]1O)S(=O)(=O)c1ccccc1. The number of carbonyl (C=O) groups excluding carboxylic acids is 1. The van der Waals surface area contributed by atoms with Crippen LogP contribution >= 0.6 is 0 Å². The van der Waals surface area contributed by atoms with Gasteiger partial charge in [-0.25, -0.2) is 8.42 Å². The number of halogens is 3. The molecular formula is C21H22F3NO5S. The molecule has 0 saturated carbocycles. The third kappa shape index (κ3) is 4.19. The van der Waals surface area contributed by atoms with E-state index >= 15 is 0 Å². The van der Waals surface area contributed by atoms with Gasteiger partial charge in [0.1, 0.15) is 17.5 Å². The molecule has 6 nitrogen and oxygen atoms in total. The zero-order valence-electron chi connectivity index (χ0n) is 17.1. The van der Waals surface area contributed by atoms with E-state index < -0.39 is 45.3 Å². The van der Waals surface area contributed by atoms with Crippen LogP contribution in [0.4, 0.5) is 13.2 Å². The van der Waals surface area contributed by atoms with Crippen molar-refractivity contribution in [1.82, 2.24) is 4.31 Å². The largest absolute Gasteiger partial charge is 0.485 e. The first-order valence-electron chi connectivity index (χ1n) is 9.50. The quantitative estimate of drug-likeness (QED) is 0.692. The molecule has 1 N–H and O–H groups in total. The first kappa shape index (κ1) is 23.2. The highest BCUT2D eigenvalue weighted by Gasteiger charge is 2.49. The molecule has 2 aromatic rings. The van der Waals surface area contributed by atoms with Gasteiger partial charge in [0.25, 0.3) is 5.78 Å². The van der Waals surface area contributed by atoms with Crippen LogP contribution in [0, 0.1) is 0 Å². The Kier molecular flexibility index (Phi) is 5.94. The number of hydrogen-bond acceptors (Lipinski definition) is 5. The van der Waals surface area contributed by atoms with Gasteiger partial charge in [-0.2, -0.15) is 17.5 Å². The van der Waals surface area contributed by atoms with Crippen molar-refractivity contribution in [3.05, 3.63) is 59.7 Å². The van der Waals surface area contributed by atoms with E-state index in [1.54, 1.807) is 39.0 Å². The molecule has 0 spiro atoms. The summed E-state index contributed by atoms with van der Waals surface area (Å²) in [6.45, 7) is 4.57. The molecule has 2 aromatic carbocycles.